The normalized spacial score (nSPS) is 11.9. The summed E-state index contributed by atoms with van der Waals surface area (Å²) in [5.74, 6) is 0. The Labute approximate surface area is 322 Å². The average molecular weight is 721 g/mol. The minimum Gasteiger partial charge on any atom is -0.309 e. The monoisotopic (exact) mass is 720 g/mol. The molecule has 0 N–H and O–H groups in total. The summed E-state index contributed by atoms with van der Waals surface area (Å²) < 4.78 is 4.88. The fraction of sp³-hybridized carbons (Fsp3) is 0.0385. The Balaban J connectivity index is 1.11. The van der Waals surface area contributed by atoms with E-state index in [1.165, 1.54) is 76.2 Å². The third-order valence-corrected chi connectivity index (χ3v) is 15.2. The molecule has 2 aromatic heterocycles. The predicted molar refractivity (Wildman–Crippen MR) is 239 cm³/mol. The molecule has 0 atom stereocenters. The molecule has 0 radical (unpaired) electrons. The second kappa shape index (κ2) is 13.0. The van der Waals surface area contributed by atoms with Crippen molar-refractivity contribution in [2.75, 3.05) is 0 Å². The van der Waals surface area contributed by atoms with Gasteiger partial charge in [0.2, 0.25) is 0 Å². The van der Waals surface area contributed by atoms with Crippen molar-refractivity contribution in [1.82, 2.24) is 9.13 Å². The lowest BCUT2D eigenvalue weighted by Crippen LogP contribution is -2.52. The molecule has 3 heteroatoms. The Morgan fingerprint density at radius 3 is 1.07 bits per heavy atom. The van der Waals surface area contributed by atoms with Crippen LogP contribution in [0.5, 0.6) is 0 Å². The Hall–Kier alpha value is -6.68. The van der Waals surface area contributed by atoms with Crippen molar-refractivity contribution < 1.29 is 0 Å². The minimum atomic E-state index is -1.97. The van der Waals surface area contributed by atoms with Crippen LogP contribution in [0.1, 0.15) is 5.56 Å². The third-order valence-electron chi connectivity index (χ3n) is 11.6. The van der Waals surface area contributed by atoms with E-state index in [4.69, 9.17) is 0 Å². The minimum absolute atomic E-state index is 1.14. The maximum atomic E-state index is 3.89. The molecular weight excluding hydrogens is 681 g/mol. The van der Waals surface area contributed by atoms with Crippen molar-refractivity contribution in [2.24, 2.45) is 0 Å². The number of hydrogen-bond donors (Lipinski definition) is 0. The highest BCUT2D eigenvalue weighted by Crippen LogP contribution is 2.37. The van der Waals surface area contributed by atoms with Crippen LogP contribution in [0.3, 0.4) is 0 Å². The molecule has 10 aromatic rings. The van der Waals surface area contributed by atoms with Gasteiger partial charge in [-0.3, -0.25) is 0 Å². The first kappa shape index (κ1) is 32.9. The van der Waals surface area contributed by atoms with E-state index in [1.54, 1.807) is 0 Å². The maximum Gasteiger partial charge on any atom is 0.112 e. The van der Waals surface area contributed by atoms with Gasteiger partial charge in [-0.1, -0.05) is 182 Å². The molecule has 8 aromatic carbocycles. The molecule has 0 spiro atoms. The second-order valence-electron chi connectivity index (χ2n) is 15.1. The van der Waals surface area contributed by atoms with Crippen molar-refractivity contribution >= 4 is 68.1 Å². The number of fused-ring (bicyclic) bond motifs is 6. The molecular formula is C52H40N2Si. The summed E-state index contributed by atoms with van der Waals surface area (Å²) in [7, 11) is -1.97. The van der Waals surface area contributed by atoms with E-state index in [9.17, 15) is 0 Å². The van der Waals surface area contributed by atoms with Crippen LogP contribution in [-0.2, 0) is 0 Å². The molecule has 262 valence electrons. The van der Waals surface area contributed by atoms with Crippen molar-refractivity contribution in [1.29, 1.82) is 0 Å². The number of para-hydroxylation sites is 4. The van der Waals surface area contributed by atoms with E-state index >= 15 is 0 Å². The summed E-state index contributed by atoms with van der Waals surface area (Å²) in [5.41, 5.74) is 13.1. The van der Waals surface area contributed by atoms with Crippen molar-refractivity contribution in [3.8, 4) is 33.6 Å². The van der Waals surface area contributed by atoms with E-state index in [2.05, 4.69) is 217 Å². The topological polar surface area (TPSA) is 9.86 Å². The molecule has 10 rings (SSSR count). The molecule has 0 amide bonds. The molecule has 0 saturated heterocycles. The largest absolute Gasteiger partial charge is 0.309 e. The first-order valence-corrected chi connectivity index (χ1v) is 22.0. The summed E-state index contributed by atoms with van der Waals surface area (Å²) in [6.45, 7) is 8.81. The van der Waals surface area contributed by atoms with Gasteiger partial charge in [-0.2, -0.15) is 0 Å². The summed E-state index contributed by atoms with van der Waals surface area (Å²) in [4.78, 5) is 0. The molecule has 0 fully saturated rings. The van der Waals surface area contributed by atoms with Crippen molar-refractivity contribution in [3.05, 3.63) is 200 Å². The zero-order valence-electron chi connectivity index (χ0n) is 31.1. The zero-order chi connectivity index (χ0) is 37.1. The van der Waals surface area contributed by atoms with Crippen LogP contribution in [0.25, 0.3) is 83.3 Å². The van der Waals surface area contributed by atoms with Gasteiger partial charge in [-0.05, 0) is 70.3 Å². The predicted octanol–water partition coefficient (Wildman–Crippen LogP) is 12.7. The van der Waals surface area contributed by atoms with Gasteiger partial charge in [0.05, 0.1) is 22.1 Å². The molecule has 0 unspecified atom stereocenters. The Bertz CT molecular complexity index is 2810. The van der Waals surface area contributed by atoms with Gasteiger partial charge in [0, 0.05) is 32.9 Å². The quantitative estimate of drug-likeness (QED) is 0.145. The standard InChI is InChI=1S/C52H40N2Si/c1-4-36-21-23-37(24-22-36)38-25-29-43(30-26-38)55(2,3)44-31-27-39(28-32-44)40-33-41(53-49-17-9-5-13-45(49)46-14-6-10-18-50(46)53)35-42(34-40)54-51-19-11-7-15-47(51)48-16-8-12-20-52(48)54/h4-35H,1H2,2-3H3. The van der Waals surface area contributed by atoms with E-state index < -0.39 is 8.07 Å². The molecule has 55 heavy (non-hydrogen) atoms. The Morgan fingerprint density at radius 1 is 0.382 bits per heavy atom. The summed E-state index contributed by atoms with van der Waals surface area (Å²) in [6.07, 6.45) is 1.89. The highest BCUT2D eigenvalue weighted by Gasteiger charge is 2.26. The van der Waals surface area contributed by atoms with Crippen LogP contribution in [0.2, 0.25) is 13.1 Å². The van der Waals surface area contributed by atoms with Gasteiger partial charge in [-0.25, -0.2) is 0 Å². The second-order valence-corrected chi connectivity index (χ2v) is 19.5. The number of benzene rings is 8. The SMILES string of the molecule is C=Cc1ccc(-c2ccc([Si](C)(C)c3ccc(-c4cc(-n5c6ccccc6c6ccccc65)cc(-n5c6ccccc6c6ccccc65)c4)cc3)cc2)cc1. The van der Waals surface area contributed by atoms with Crippen molar-refractivity contribution in [2.45, 2.75) is 13.1 Å². The lowest BCUT2D eigenvalue weighted by Gasteiger charge is -2.24. The highest BCUT2D eigenvalue weighted by molar-refractivity contribution is 7.00. The average Bonchev–Trinajstić information content (AvgIpc) is 3.77. The van der Waals surface area contributed by atoms with Crippen LogP contribution >= 0.6 is 0 Å². The summed E-state index contributed by atoms with van der Waals surface area (Å²) >= 11 is 0. The van der Waals surface area contributed by atoms with Gasteiger partial charge in [0.25, 0.3) is 0 Å². The van der Waals surface area contributed by atoms with Crippen LogP contribution in [0.15, 0.2) is 195 Å². The number of rotatable bonds is 7. The molecule has 0 aliphatic rings. The number of aromatic nitrogens is 2. The van der Waals surface area contributed by atoms with E-state index in [0.717, 1.165) is 16.9 Å². The maximum absolute atomic E-state index is 3.89. The lowest BCUT2D eigenvalue weighted by molar-refractivity contribution is 1.13. The van der Waals surface area contributed by atoms with Gasteiger partial charge in [0.15, 0.2) is 0 Å². The van der Waals surface area contributed by atoms with Gasteiger partial charge < -0.3 is 9.13 Å². The smallest absolute Gasteiger partial charge is 0.112 e. The summed E-state index contributed by atoms with van der Waals surface area (Å²) in [6, 6.07) is 69.4. The van der Waals surface area contributed by atoms with Crippen molar-refractivity contribution in [3.63, 3.8) is 0 Å². The fourth-order valence-corrected chi connectivity index (χ4v) is 10.9. The third kappa shape index (κ3) is 5.47. The van der Waals surface area contributed by atoms with Gasteiger partial charge in [-0.15, -0.1) is 0 Å². The van der Waals surface area contributed by atoms with Gasteiger partial charge in [0.1, 0.15) is 8.07 Å². The number of hydrogen-bond acceptors (Lipinski definition) is 0. The first-order chi connectivity index (χ1) is 27.0. The van der Waals surface area contributed by atoms with E-state index in [-0.39, 0.29) is 0 Å². The molecule has 0 aliphatic carbocycles. The Morgan fingerprint density at radius 2 is 0.709 bits per heavy atom. The van der Waals surface area contributed by atoms with Gasteiger partial charge >= 0.3 is 0 Å². The first-order valence-electron chi connectivity index (χ1n) is 19.0. The van der Waals surface area contributed by atoms with Crippen LogP contribution in [0, 0.1) is 0 Å². The summed E-state index contributed by atoms with van der Waals surface area (Å²) in [5, 5.41) is 7.89. The fourth-order valence-electron chi connectivity index (χ4n) is 8.56. The van der Waals surface area contributed by atoms with Crippen LogP contribution in [0.4, 0.5) is 0 Å². The van der Waals surface area contributed by atoms with Crippen LogP contribution < -0.4 is 10.4 Å². The molecule has 0 aliphatic heterocycles. The molecule has 0 saturated carbocycles. The highest BCUT2D eigenvalue weighted by atomic mass is 28.3. The molecule has 2 heterocycles. The molecule has 0 bridgehead atoms. The van der Waals surface area contributed by atoms with E-state index in [1.807, 2.05) is 6.08 Å². The molecule has 2 nitrogen and oxygen atoms in total. The Kier molecular flexibility index (Phi) is 7.79. The zero-order valence-corrected chi connectivity index (χ0v) is 32.1. The van der Waals surface area contributed by atoms with E-state index in [0.29, 0.717) is 0 Å². The number of nitrogens with zero attached hydrogens (tertiary/aromatic N) is 2. The van der Waals surface area contributed by atoms with Crippen LogP contribution in [-0.4, -0.2) is 17.2 Å². The lowest BCUT2D eigenvalue weighted by atomic mass is 10.0.